The molecule has 1 amide bonds. The van der Waals surface area contributed by atoms with Crippen LogP contribution in [0.3, 0.4) is 0 Å². The van der Waals surface area contributed by atoms with Gasteiger partial charge in [0.25, 0.3) is 0 Å². The van der Waals surface area contributed by atoms with Gasteiger partial charge in [-0.25, -0.2) is 4.98 Å². The second kappa shape index (κ2) is 9.25. The Bertz CT molecular complexity index is 1400. The smallest absolute Gasteiger partial charge is 0.225 e. The normalized spacial score (nSPS) is 11.1. The molecule has 0 atom stereocenters. The van der Waals surface area contributed by atoms with E-state index in [1.807, 2.05) is 37.3 Å². The summed E-state index contributed by atoms with van der Waals surface area (Å²) in [6.45, 7) is 1.91. The minimum Gasteiger partial charge on any atom is -0.463 e. The number of hydrogen-bond donors (Lipinski definition) is 1. The van der Waals surface area contributed by atoms with Crippen LogP contribution in [-0.4, -0.2) is 31.8 Å². The molecule has 0 saturated carbocycles. The van der Waals surface area contributed by atoms with Crippen molar-refractivity contribution < 1.29 is 13.6 Å². The molecule has 0 saturated heterocycles. The van der Waals surface area contributed by atoms with Crippen LogP contribution in [-0.2, 0) is 4.79 Å². The first-order chi connectivity index (χ1) is 16.2. The highest BCUT2D eigenvalue weighted by Gasteiger charge is 2.18. The lowest BCUT2D eigenvalue weighted by Crippen LogP contribution is -2.13. The first kappa shape index (κ1) is 20.9. The lowest BCUT2D eigenvalue weighted by molar-refractivity contribution is -0.115. The van der Waals surface area contributed by atoms with Crippen molar-refractivity contribution in [3.05, 3.63) is 72.8 Å². The number of thioether (sulfide) groups is 1. The molecule has 0 spiro atoms. The molecule has 0 unspecified atom stereocenters. The highest BCUT2D eigenvalue weighted by atomic mass is 32.2. The second-order valence-corrected chi connectivity index (χ2v) is 8.28. The van der Waals surface area contributed by atoms with E-state index in [2.05, 4.69) is 25.5 Å². The molecule has 0 fully saturated rings. The molecule has 4 heterocycles. The van der Waals surface area contributed by atoms with Gasteiger partial charge in [-0.3, -0.25) is 9.78 Å². The standard InChI is InChI=1S/C24H19N5O3S/c1-15-14-18(16-6-2-3-7-17(16)25-15)26-21(30)10-13-33-24-27-22(19-8-4-11-31-19)23(28-29-24)20-9-5-12-32-20/h2-9,11-12,14H,10,13H2,1H3,(H,25,26,30). The van der Waals surface area contributed by atoms with Crippen LogP contribution >= 0.6 is 11.8 Å². The van der Waals surface area contributed by atoms with Gasteiger partial charge in [-0.05, 0) is 43.3 Å². The van der Waals surface area contributed by atoms with E-state index in [9.17, 15) is 4.79 Å². The fraction of sp³-hybridized carbons (Fsp3) is 0.125. The van der Waals surface area contributed by atoms with Crippen LogP contribution in [0.15, 0.2) is 81.1 Å². The number of hydrogen-bond acceptors (Lipinski definition) is 8. The molecule has 33 heavy (non-hydrogen) atoms. The lowest BCUT2D eigenvalue weighted by atomic mass is 10.1. The van der Waals surface area contributed by atoms with Gasteiger partial charge in [0, 0.05) is 23.3 Å². The average molecular weight is 458 g/mol. The SMILES string of the molecule is Cc1cc(NC(=O)CCSc2nnc(-c3ccco3)c(-c3ccco3)n2)c2ccccc2n1. The van der Waals surface area contributed by atoms with Crippen molar-refractivity contribution >= 4 is 34.3 Å². The zero-order valence-corrected chi connectivity index (χ0v) is 18.5. The maximum atomic E-state index is 12.6. The third-order valence-corrected chi connectivity index (χ3v) is 5.69. The summed E-state index contributed by atoms with van der Waals surface area (Å²) in [5, 5.41) is 12.9. The molecule has 1 aromatic carbocycles. The molecule has 5 rings (SSSR count). The largest absolute Gasteiger partial charge is 0.463 e. The number of rotatable bonds is 7. The summed E-state index contributed by atoms with van der Waals surface area (Å²) >= 11 is 1.35. The van der Waals surface area contributed by atoms with E-state index in [4.69, 9.17) is 8.83 Å². The number of amides is 1. The van der Waals surface area contributed by atoms with Crippen molar-refractivity contribution in [2.75, 3.05) is 11.1 Å². The Kier molecular flexibility index (Phi) is 5.86. The predicted octanol–water partition coefficient (Wildman–Crippen LogP) is 5.37. The second-order valence-electron chi connectivity index (χ2n) is 7.22. The van der Waals surface area contributed by atoms with Crippen molar-refractivity contribution in [1.82, 2.24) is 20.2 Å². The molecule has 5 aromatic rings. The Morgan fingerprint density at radius 2 is 1.70 bits per heavy atom. The van der Waals surface area contributed by atoms with Crippen LogP contribution in [0.5, 0.6) is 0 Å². The first-order valence-corrected chi connectivity index (χ1v) is 11.3. The Labute approximate surface area is 193 Å². The number of pyridine rings is 1. The number of aromatic nitrogens is 4. The predicted molar refractivity (Wildman–Crippen MR) is 126 cm³/mol. The fourth-order valence-electron chi connectivity index (χ4n) is 3.40. The van der Waals surface area contributed by atoms with Crippen LogP contribution in [0.25, 0.3) is 33.8 Å². The topological polar surface area (TPSA) is 107 Å². The lowest BCUT2D eigenvalue weighted by Gasteiger charge is -2.10. The Hall–Kier alpha value is -3.98. The van der Waals surface area contributed by atoms with Gasteiger partial charge in [0.2, 0.25) is 11.1 Å². The van der Waals surface area contributed by atoms with Crippen LogP contribution in [0.2, 0.25) is 0 Å². The Balaban J connectivity index is 1.28. The maximum Gasteiger partial charge on any atom is 0.225 e. The number of anilines is 1. The fourth-order valence-corrected chi connectivity index (χ4v) is 4.12. The minimum atomic E-state index is -0.0929. The highest BCUT2D eigenvalue weighted by molar-refractivity contribution is 7.99. The van der Waals surface area contributed by atoms with E-state index in [-0.39, 0.29) is 5.91 Å². The number of carbonyl (C=O) groups excluding carboxylic acids is 1. The van der Waals surface area contributed by atoms with E-state index < -0.39 is 0 Å². The average Bonchev–Trinajstić information content (AvgIpc) is 3.53. The summed E-state index contributed by atoms with van der Waals surface area (Å²) in [4.78, 5) is 21.7. The summed E-state index contributed by atoms with van der Waals surface area (Å²) < 4.78 is 11.0. The van der Waals surface area contributed by atoms with Gasteiger partial charge in [0.05, 0.1) is 23.7 Å². The highest BCUT2D eigenvalue weighted by Crippen LogP contribution is 2.30. The quantitative estimate of drug-likeness (QED) is 0.325. The van der Waals surface area contributed by atoms with E-state index in [0.29, 0.717) is 40.2 Å². The third-order valence-electron chi connectivity index (χ3n) is 4.86. The van der Waals surface area contributed by atoms with E-state index >= 15 is 0 Å². The van der Waals surface area contributed by atoms with Crippen LogP contribution in [0.4, 0.5) is 5.69 Å². The van der Waals surface area contributed by atoms with Crippen molar-refractivity contribution in [2.45, 2.75) is 18.5 Å². The number of aryl methyl sites for hydroxylation is 1. The number of fused-ring (bicyclic) bond motifs is 1. The van der Waals surface area contributed by atoms with Gasteiger partial charge in [-0.2, -0.15) is 0 Å². The maximum absolute atomic E-state index is 12.6. The van der Waals surface area contributed by atoms with Gasteiger partial charge in [-0.1, -0.05) is 30.0 Å². The van der Waals surface area contributed by atoms with Crippen molar-refractivity contribution in [3.8, 4) is 22.9 Å². The number of para-hydroxylation sites is 1. The van der Waals surface area contributed by atoms with Gasteiger partial charge in [0.1, 0.15) is 5.69 Å². The van der Waals surface area contributed by atoms with Gasteiger partial charge in [0.15, 0.2) is 17.2 Å². The van der Waals surface area contributed by atoms with Gasteiger partial charge < -0.3 is 14.2 Å². The number of benzene rings is 1. The van der Waals surface area contributed by atoms with Crippen molar-refractivity contribution in [3.63, 3.8) is 0 Å². The Morgan fingerprint density at radius 3 is 2.45 bits per heavy atom. The monoisotopic (exact) mass is 457 g/mol. The van der Waals surface area contributed by atoms with Crippen molar-refractivity contribution in [1.29, 1.82) is 0 Å². The molecule has 0 aliphatic carbocycles. The van der Waals surface area contributed by atoms with E-state index in [1.54, 1.807) is 36.8 Å². The van der Waals surface area contributed by atoms with Crippen LogP contribution in [0, 0.1) is 6.92 Å². The van der Waals surface area contributed by atoms with Crippen molar-refractivity contribution in [2.24, 2.45) is 0 Å². The van der Waals surface area contributed by atoms with Crippen LogP contribution < -0.4 is 5.32 Å². The van der Waals surface area contributed by atoms with E-state index in [0.717, 1.165) is 22.3 Å². The van der Waals surface area contributed by atoms with Gasteiger partial charge >= 0.3 is 0 Å². The molecule has 4 aromatic heterocycles. The molecule has 8 nitrogen and oxygen atoms in total. The zero-order chi connectivity index (χ0) is 22.6. The van der Waals surface area contributed by atoms with E-state index in [1.165, 1.54) is 11.8 Å². The summed E-state index contributed by atoms with van der Waals surface area (Å²) in [5.41, 5.74) is 3.49. The first-order valence-electron chi connectivity index (χ1n) is 10.3. The molecule has 164 valence electrons. The molecular formula is C24H19N5O3S. The minimum absolute atomic E-state index is 0.0929. The Morgan fingerprint density at radius 1 is 0.939 bits per heavy atom. The number of nitrogens with one attached hydrogen (secondary N) is 1. The molecular weight excluding hydrogens is 438 g/mol. The molecule has 0 radical (unpaired) electrons. The summed E-state index contributed by atoms with van der Waals surface area (Å²) in [7, 11) is 0. The summed E-state index contributed by atoms with van der Waals surface area (Å²) in [5.74, 6) is 1.52. The molecule has 0 bridgehead atoms. The molecule has 1 N–H and O–H groups in total. The number of furan rings is 2. The molecule has 9 heteroatoms. The van der Waals surface area contributed by atoms with Gasteiger partial charge in [-0.15, -0.1) is 10.2 Å². The summed E-state index contributed by atoms with van der Waals surface area (Å²) in [6.07, 6.45) is 3.43. The number of nitrogens with zero attached hydrogens (tertiary/aromatic N) is 4. The molecule has 0 aliphatic heterocycles. The third kappa shape index (κ3) is 4.63. The number of carbonyl (C=O) groups is 1. The molecule has 0 aliphatic rings. The van der Waals surface area contributed by atoms with Crippen LogP contribution in [0.1, 0.15) is 12.1 Å². The zero-order valence-electron chi connectivity index (χ0n) is 17.7. The summed E-state index contributed by atoms with van der Waals surface area (Å²) in [6, 6.07) is 16.8.